The minimum Gasteiger partial charge on any atom is -0.265 e. The summed E-state index contributed by atoms with van der Waals surface area (Å²) in [4.78, 5) is 19.3. The highest BCUT2D eigenvalue weighted by Gasteiger charge is 2.46. The zero-order valence-corrected chi connectivity index (χ0v) is 29.9. The van der Waals surface area contributed by atoms with Gasteiger partial charge in [0.2, 0.25) is 0 Å². The van der Waals surface area contributed by atoms with E-state index in [1.165, 1.54) is 38.9 Å². The van der Waals surface area contributed by atoms with Crippen LogP contribution < -0.4 is 0 Å². The molecule has 4 heteroatoms. The normalized spacial score (nSPS) is 12.5. The van der Waals surface area contributed by atoms with Crippen LogP contribution in [0.15, 0.2) is 207 Å². The quantitative estimate of drug-likeness (QED) is 0.166. The van der Waals surface area contributed by atoms with Crippen LogP contribution in [0.25, 0.3) is 67.5 Å². The summed E-state index contributed by atoms with van der Waals surface area (Å²) in [5.74, 6) is 1.92. The fourth-order valence-electron chi connectivity index (χ4n) is 8.17. The van der Waals surface area contributed by atoms with Crippen molar-refractivity contribution in [2.24, 2.45) is 0 Å². The Labute approximate surface area is 320 Å². The molecular weight excluding hydrogens is 669 g/mol. The first-order valence-electron chi connectivity index (χ1n) is 18.5. The van der Waals surface area contributed by atoms with Gasteiger partial charge in [-0.15, -0.1) is 0 Å². The first-order chi connectivity index (χ1) is 27.3. The summed E-state index contributed by atoms with van der Waals surface area (Å²) >= 11 is 0. The molecule has 0 N–H and O–H groups in total. The van der Waals surface area contributed by atoms with Crippen molar-refractivity contribution in [3.05, 3.63) is 229 Å². The molecule has 2 heterocycles. The fourth-order valence-corrected chi connectivity index (χ4v) is 8.17. The zero-order valence-electron chi connectivity index (χ0n) is 29.9. The van der Waals surface area contributed by atoms with Crippen LogP contribution in [-0.4, -0.2) is 19.9 Å². The summed E-state index contributed by atoms with van der Waals surface area (Å²) in [6.07, 6.45) is 3.72. The lowest BCUT2D eigenvalue weighted by Crippen LogP contribution is -2.28. The van der Waals surface area contributed by atoms with E-state index in [1.807, 2.05) is 73.1 Å². The molecule has 0 atom stereocenters. The summed E-state index contributed by atoms with van der Waals surface area (Å²) in [5.41, 5.74) is 14.3. The van der Waals surface area contributed by atoms with E-state index in [0.717, 1.165) is 33.4 Å². The van der Waals surface area contributed by atoms with Gasteiger partial charge in [-0.3, -0.25) is 4.98 Å². The molecule has 2 aromatic heterocycles. The van der Waals surface area contributed by atoms with Crippen molar-refractivity contribution in [1.29, 1.82) is 0 Å². The molecule has 0 saturated carbocycles. The lowest BCUT2D eigenvalue weighted by molar-refractivity contribution is 0.769. The lowest BCUT2D eigenvalue weighted by atomic mass is 9.67. The van der Waals surface area contributed by atoms with Gasteiger partial charge in [-0.2, -0.15) is 0 Å². The Morgan fingerprint density at radius 3 is 1.20 bits per heavy atom. The molecule has 4 nitrogen and oxygen atoms in total. The topological polar surface area (TPSA) is 51.6 Å². The van der Waals surface area contributed by atoms with Crippen LogP contribution in [0.5, 0.6) is 0 Å². The maximum Gasteiger partial charge on any atom is 0.164 e. The molecule has 0 radical (unpaired) electrons. The molecule has 0 fully saturated rings. The summed E-state index contributed by atoms with van der Waals surface area (Å²) < 4.78 is 0. The number of nitrogens with zero attached hydrogens (tertiary/aromatic N) is 4. The molecule has 1 aliphatic carbocycles. The van der Waals surface area contributed by atoms with E-state index < -0.39 is 5.41 Å². The molecule has 0 unspecified atom stereocenters. The Balaban J connectivity index is 1.16. The molecule has 9 aromatic rings. The van der Waals surface area contributed by atoms with E-state index in [9.17, 15) is 0 Å². The van der Waals surface area contributed by atoms with E-state index in [1.54, 1.807) is 0 Å². The van der Waals surface area contributed by atoms with Gasteiger partial charge in [0.15, 0.2) is 17.5 Å². The van der Waals surface area contributed by atoms with Crippen molar-refractivity contribution in [2.45, 2.75) is 5.41 Å². The van der Waals surface area contributed by atoms with Crippen LogP contribution in [0.2, 0.25) is 0 Å². The lowest BCUT2D eigenvalue weighted by Gasteiger charge is -2.34. The molecule has 1 aliphatic rings. The van der Waals surface area contributed by atoms with Gasteiger partial charge in [0.25, 0.3) is 0 Å². The maximum atomic E-state index is 5.03. The largest absolute Gasteiger partial charge is 0.265 e. The number of aromatic nitrogens is 4. The molecule has 0 bridgehead atoms. The summed E-state index contributed by atoms with van der Waals surface area (Å²) in [6.45, 7) is 0. The smallest absolute Gasteiger partial charge is 0.164 e. The standard InChI is InChI=1S/C51H34N4/c1-5-14-36(15-6-1)48-53-49(37-16-7-2-8-17-37)55-50(54-48)41-19-13-18-38(32-41)40-25-27-45-44-26-24-39(35-28-30-52-31-29-35)33-46(44)51(47(45)34-40,42-20-9-3-10-21-42)43-22-11-4-12-23-43/h1-34H. The van der Waals surface area contributed by atoms with Gasteiger partial charge in [-0.1, -0.05) is 164 Å². The van der Waals surface area contributed by atoms with E-state index in [-0.39, 0.29) is 0 Å². The minimum atomic E-state index is -0.548. The summed E-state index contributed by atoms with van der Waals surface area (Å²) in [6, 6.07) is 68.7. The van der Waals surface area contributed by atoms with Crippen molar-refractivity contribution >= 4 is 0 Å². The third kappa shape index (κ3) is 5.63. The number of pyridine rings is 1. The van der Waals surface area contributed by atoms with E-state index in [0.29, 0.717) is 17.5 Å². The van der Waals surface area contributed by atoms with Gasteiger partial charge in [-0.05, 0) is 86.0 Å². The van der Waals surface area contributed by atoms with Crippen molar-refractivity contribution in [3.63, 3.8) is 0 Å². The van der Waals surface area contributed by atoms with Crippen LogP contribution in [0, 0.1) is 0 Å². The monoisotopic (exact) mass is 702 g/mol. The predicted octanol–water partition coefficient (Wildman–Crippen LogP) is 12.0. The first-order valence-corrected chi connectivity index (χ1v) is 18.5. The Morgan fingerprint density at radius 1 is 0.291 bits per heavy atom. The third-order valence-corrected chi connectivity index (χ3v) is 10.7. The van der Waals surface area contributed by atoms with Crippen molar-refractivity contribution in [3.8, 4) is 67.5 Å². The van der Waals surface area contributed by atoms with Crippen LogP contribution in [0.1, 0.15) is 22.3 Å². The maximum absolute atomic E-state index is 5.03. The molecule has 0 aliphatic heterocycles. The van der Waals surface area contributed by atoms with Crippen LogP contribution in [-0.2, 0) is 5.41 Å². The molecule has 10 rings (SSSR count). The van der Waals surface area contributed by atoms with Gasteiger partial charge >= 0.3 is 0 Å². The van der Waals surface area contributed by atoms with Gasteiger partial charge in [0.1, 0.15) is 0 Å². The number of benzene rings is 7. The Hall–Kier alpha value is -7.30. The number of hydrogen-bond acceptors (Lipinski definition) is 4. The van der Waals surface area contributed by atoms with Crippen LogP contribution in [0.4, 0.5) is 0 Å². The Bertz CT molecular complexity index is 2690. The summed E-state index contributed by atoms with van der Waals surface area (Å²) in [5, 5.41) is 0. The van der Waals surface area contributed by atoms with Gasteiger partial charge in [0, 0.05) is 29.1 Å². The summed E-state index contributed by atoms with van der Waals surface area (Å²) in [7, 11) is 0. The highest BCUT2D eigenvalue weighted by Crippen LogP contribution is 2.57. The average molecular weight is 703 g/mol. The minimum absolute atomic E-state index is 0.548. The van der Waals surface area contributed by atoms with E-state index in [4.69, 9.17) is 15.0 Å². The van der Waals surface area contributed by atoms with Crippen molar-refractivity contribution in [2.75, 3.05) is 0 Å². The molecule has 0 amide bonds. The molecule has 55 heavy (non-hydrogen) atoms. The highest BCUT2D eigenvalue weighted by atomic mass is 15.0. The van der Waals surface area contributed by atoms with Crippen LogP contribution in [0.3, 0.4) is 0 Å². The number of hydrogen-bond donors (Lipinski definition) is 0. The van der Waals surface area contributed by atoms with Gasteiger partial charge in [-0.25, -0.2) is 15.0 Å². The second-order valence-electron chi connectivity index (χ2n) is 13.9. The second kappa shape index (κ2) is 13.6. The van der Waals surface area contributed by atoms with E-state index in [2.05, 4.69) is 138 Å². The zero-order chi connectivity index (χ0) is 36.6. The fraction of sp³-hybridized carbons (Fsp3) is 0.0196. The molecule has 7 aromatic carbocycles. The highest BCUT2D eigenvalue weighted by molar-refractivity contribution is 5.90. The molecule has 0 spiro atoms. The van der Waals surface area contributed by atoms with Crippen molar-refractivity contribution in [1.82, 2.24) is 19.9 Å². The van der Waals surface area contributed by atoms with Crippen molar-refractivity contribution < 1.29 is 0 Å². The SMILES string of the molecule is c1ccc(-c2nc(-c3ccccc3)nc(-c3cccc(-c4ccc5c(c4)C(c4ccccc4)(c4ccccc4)c4cc(-c6ccncc6)ccc4-5)c3)n2)cc1. The molecule has 258 valence electrons. The predicted molar refractivity (Wildman–Crippen MR) is 222 cm³/mol. The third-order valence-electron chi connectivity index (χ3n) is 10.7. The Morgan fingerprint density at radius 2 is 0.691 bits per heavy atom. The van der Waals surface area contributed by atoms with E-state index >= 15 is 0 Å². The van der Waals surface area contributed by atoms with Gasteiger partial charge in [0.05, 0.1) is 5.41 Å². The molecular formula is C51H34N4. The average Bonchev–Trinajstić information content (AvgIpc) is 3.57. The number of rotatable bonds is 7. The van der Waals surface area contributed by atoms with Crippen LogP contribution >= 0.6 is 0 Å². The van der Waals surface area contributed by atoms with Gasteiger partial charge < -0.3 is 0 Å². The first kappa shape index (κ1) is 32.4. The second-order valence-corrected chi connectivity index (χ2v) is 13.9. The number of fused-ring (bicyclic) bond motifs is 3. The molecule has 0 saturated heterocycles. The Kier molecular flexibility index (Phi) is 8.00.